The highest BCUT2D eigenvalue weighted by molar-refractivity contribution is 5.67. The molecule has 5 nitrogen and oxygen atoms in total. The monoisotopic (exact) mass is 320 g/mol. The van der Waals surface area contributed by atoms with E-state index in [2.05, 4.69) is 0 Å². The summed E-state index contributed by atoms with van der Waals surface area (Å²) >= 11 is 0. The van der Waals surface area contributed by atoms with Gasteiger partial charge in [-0.1, -0.05) is 0 Å². The van der Waals surface area contributed by atoms with Gasteiger partial charge in [0.15, 0.2) is 5.75 Å². The summed E-state index contributed by atoms with van der Waals surface area (Å²) in [6.45, 7) is 6.69. The standard InChI is InChI=1S/C14H19F3N2O3/c1-5-19(12(20)21-13(2,3)4)22-11-7-9(14(15,16)17)6-10(18)8-11/h6-8H,5,18H2,1-4H3. The largest absolute Gasteiger partial charge is 0.443 e. The average molecular weight is 320 g/mol. The minimum absolute atomic E-state index is 0.0884. The summed E-state index contributed by atoms with van der Waals surface area (Å²) in [4.78, 5) is 17.1. The number of carbonyl (C=O) groups is 1. The van der Waals surface area contributed by atoms with E-state index in [9.17, 15) is 18.0 Å². The van der Waals surface area contributed by atoms with Gasteiger partial charge in [0.05, 0.1) is 12.1 Å². The van der Waals surface area contributed by atoms with Gasteiger partial charge in [0, 0.05) is 11.8 Å². The van der Waals surface area contributed by atoms with Gasteiger partial charge in [-0.05, 0) is 39.8 Å². The number of nitrogen functional groups attached to an aromatic ring is 1. The maximum atomic E-state index is 12.7. The van der Waals surface area contributed by atoms with Crippen LogP contribution in [0.1, 0.15) is 33.3 Å². The quantitative estimate of drug-likeness (QED) is 0.679. The molecule has 22 heavy (non-hydrogen) atoms. The second-order valence-electron chi connectivity index (χ2n) is 5.55. The second-order valence-corrected chi connectivity index (χ2v) is 5.55. The summed E-state index contributed by atoms with van der Waals surface area (Å²) in [6.07, 6.45) is -5.36. The Morgan fingerprint density at radius 3 is 2.27 bits per heavy atom. The zero-order valence-corrected chi connectivity index (χ0v) is 12.8. The summed E-state index contributed by atoms with van der Waals surface area (Å²) < 4.78 is 43.3. The third-order valence-electron chi connectivity index (χ3n) is 2.36. The van der Waals surface area contributed by atoms with Crippen molar-refractivity contribution in [3.8, 4) is 5.75 Å². The molecule has 1 aromatic carbocycles. The molecular weight excluding hydrogens is 301 g/mol. The predicted molar refractivity (Wildman–Crippen MR) is 75.1 cm³/mol. The van der Waals surface area contributed by atoms with Crippen LogP contribution >= 0.6 is 0 Å². The van der Waals surface area contributed by atoms with Gasteiger partial charge in [0.2, 0.25) is 0 Å². The van der Waals surface area contributed by atoms with Crippen molar-refractivity contribution in [3.63, 3.8) is 0 Å². The molecule has 0 heterocycles. The van der Waals surface area contributed by atoms with Crippen LogP contribution < -0.4 is 10.6 Å². The molecule has 1 amide bonds. The van der Waals surface area contributed by atoms with E-state index < -0.39 is 23.4 Å². The Kier molecular flexibility index (Phi) is 5.16. The molecule has 0 saturated carbocycles. The van der Waals surface area contributed by atoms with Crippen LogP contribution in [-0.4, -0.2) is 23.3 Å². The van der Waals surface area contributed by atoms with E-state index in [1.807, 2.05) is 0 Å². The Hall–Kier alpha value is -2.12. The number of ether oxygens (including phenoxy) is 1. The molecule has 0 aliphatic heterocycles. The number of amides is 1. The highest BCUT2D eigenvalue weighted by Gasteiger charge is 2.32. The van der Waals surface area contributed by atoms with Crippen molar-refractivity contribution in [2.45, 2.75) is 39.5 Å². The van der Waals surface area contributed by atoms with Gasteiger partial charge in [-0.25, -0.2) is 4.79 Å². The van der Waals surface area contributed by atoms with Crippen molar-refractivity contribution < 1.29 is 27.5 Å². The van der Waals surface area contributed by atoms with Crippen LogP contribution in [0.4, 0.5) is 23.7 Å². The van der Waals surface area contributed by atoms with Crippen LogP contribution in [0.5, 0.6) is 5.75 Å². The fraction of sp³-hybridized carbons (Fsp3) is 0.500. The molecule has 0 bridgehead atoms. The van der Waals surface area contributed by atoms with Gasteiger partial charge >= 0.3 is 12.3 Å². The lowest BCUT2D eigenvalue weighted by Gasteiger charge is -2.26. The summed E-state index contributed by atoms with van der Waals surface area (Å²) in [5.41, 5.74) is 3.61. The van der Waals surface area contributed by atoms with Crippen molar-refractivity contribution in [2.75, 3.05) is 12.3 Å². The molecule has 0 aromatic heterocycles. The Bertz CT molecular complexity index is 539. The highest BCUT2D eigenvalue weighted by Crippen LogP contribution is 2.33. The Labute approximate surface area is 126 Å². The zero-order valence-electron chi connectivity index (χ0n) is 12.8. The molecule has 0 aliphatic rings. The van der Waals surface area contributed by atoms with Gasteiger partial charge < -0.3 is 15.3 Å². The normalized spacial score (nSPS) is 12.0. The lowest BCUT2D eigenvalue weighted by atomic mass is 10.2. The van der Waals surface area contributed by atoms with E-state index in [1.165, 1.54) is 6.07 Å². The van der Waals surface area contributed by atoms with Gasteiger partial charge in [-0.15, -0.1) is 5.06 Å². The lowest BCUT2D eigenvalue weighted by Crippen LogP contribution is -2.38. The third-order valence-corrected chi connectivity index (χ3v) is 2.36. The first-order chi connectivity index (χ1) is 9.92. The molecule has 1 rings (SSSR count). The first-order valence-corrected chi connectivity index (χ1v) is 6.58. The molecule has 1 aromatic rings. The van der Waals surface area contributed by atoms with Crippen molar-refractivity contribution >= 4 is 11.8 Å². The lowest BCUT2D eigenvalue weighted by molar-refractivity contribution is -0.137. The number of rotatable bonds is 3. The predicted octanol–water partition coefficient (Wildman–Crippen LogP) is 3.84. The summed E-state index contributed by atoms with van der Waals surface area (Å²) in [6, 6.07) is 2.75. The summed E-state index contributed by atoms with van der Waals surface area (Å²) in [5, 5.41) is 0.820. The number of halogens is 3. The fourth-order valence-corrected chi connectivity index (χ4v) is 1.51. The van der Waals surface area contributed by atoms with Crippen LogP contribution in [0.2, 0.25) is 0 Å². The number of hydrogen-bond donors (Lipinski definition) is 1. The Morgan fingerprint density at radius 1 is 1.23 bits per heavy atom. The number of nitrogens with two attached hydrogens (primary N) is 1. The number of alkyl halides is 3. The van der Waals surface area contributed by atoms with Crippen LogP contribution in [0.25, 0.3) is 0 Å². The van der Waals surface area contributed by atoms with Gasteiger partial charge in [0.25, 0.3) is 0 Å². The minimum Gasteiger partial charge on any atom is -0.442 e. The van der Waals surface area contributed by atoms with Gasteiger partial charge in [0.1, 0.15) is 5.60 Å². The van der Waals surface area contributed by atoms with E-state index >= 15 is 0 Å². The first kappa shape index (κ1) is 17.9. The molecule has 0 saturated heterocycles. The van der Waals surface area contributed by atoms with Crippen molar-refractivity contribution in [3.05, 3.63) is 23.8 Å². The number of benzene rings is 1. The third kappa shape index (κ3) is 5.34. The smallest absolute Gasteiger partial charge is 0.442 e. The molecule has 0 aliphatic carbocycles. The summed E-state index contributed by atoms with van der Waals surface area (Å²) in [5.74, 6) is -0.194. The van der Waals surface area contributed by atoms with Crippen molar-refractivity contribution in [1.82, 2.24) is 5.06 Å². The van der Waals surface area contributed by atoms with Crippen LogP contribution in [-0.2, 0) is 10.9 Å². The van der Waals surface area contributed by atoms with Gasteiger partial charge in [-0.2, -0.15) is 13.2 Å². The molecule has 0 fully saturated rings. The van der Waals surface area contributed by atoms with E-state index in [0.717, 1.165) is 17.2 Å². The molecule has 8 heteroatoms. The van der Waals surface area contributed by atoms with E-state index in [0.29, 0.717) is 0 Å². The molecular formula is C14H19F3N2O3. The van der Waals surface area contributed by atoms with E-state index in [-0.39, 0.29) is 18.0 Å². The minimum atomic E-state index is -4.56. The van der Waals surface area contributed by atoms with Crippen molar-refractivity contribution in [1.29, 1.82) is 0 Å². The molecule has 0 atom stereocenters. The maximum Gasteiger partial charge on any atom is 0.443 e. The fourth-order valence-electron chi connectivity index (χ4n) is 1.51. The van der Waals surface area contributed by atoms with E-state index in [1.54, 1.807) is 27.7 Å². The molecule has 2 N–H and O–H groups in total. The first-order valence-electron chi connectivity index (χ1n) is 6.58. The molecule has 0 spiro atoms. The van der Waals surface area contributed by atoms with Crippen molar-refractivity contribution in [2.24, 2.45) is 0 Å². The number of hydroxylamine groups is 2. The Balaban J connectivity index is 2.96. The second kappa shape index (κ2) is 6.33. The van der Waals surface area contributed by atoms with Gasteiger partial charge in [-0.3, -0.25) is 0 Å². The number of anilines is 1. The average Bonchev–Trinajstić information content (AvgIpc) is 2.31. The van der Waals surface area contributed by atoms with Crippen LogP contribution in [0.3, 0.4) is 0 Å². The number of nitrogens with zero attached hydrogens (tertiary/aromatic N) is 1. The molecule has 0 unspecified atom stereocenters. The highest BCUT2D eigenvalue weighted by atomic mass is 19.4. The number of carbonyl (C=O) groups excluding carboxylic acids is 1. The topological polar surface area (TPSA) is 64.8 Å². The Morgan fingerprint density at radius 2 is 1.82 bits per heavy atom. The van der Waals surface area contributed by atoms with Crippen LogP contribution in [0.15, 0.2) is 18.2 Å². The van der Waals surface area contributed by atoms with E-state index in [4.69, 9.17) is 15.3 Å². The zero-order chi connectivity index (χ0) is 17.1. The van der Waals surface area contributed by atoms with Crippen LogP contribution in [0, 0.1) is 0 Å². The molecule has 0 radical (unpaired) electrons. The SMILES string of the molecule is CCN(Oc1cc(N)cc(C(F)(F)F)c1)C(=O)OC(C)(C)C. The summed E-state index contributed by atoms with van der Waals surface area (Å²) in [7, 11) is 0. The molecule has 124 valence electrons. The maximum absolute atomic E-state index is 12.7. The number of hydrogen-bond acceptors (Lipinski definition) is 4.